The molecule has 0 saturated carbocycles. The molecule has 0 radical (unpaired) electrons. The minimum absolute atomic E-state index is 0.346. The summed E-state index contributed by atoms with van der Waals surface area (Å²) >= 11 is 3.62. The first-order chi connectivity index (χ1) is 13.3. The second-order valence-corrected chi connectivity index (χ2v) is 9.40. The van der Waals surface area contributed by atoms with Crippen LogP contribution in [0.1, 0.15) is 41.7 Å². The molecule has 5 rings (SSSR count). The molecule has 2 unspecified atom stereocenters. The van der Waals surface area contributed by atoms with Crippen LogP contribution in [0.2, 0.25) is 0 Å². The number of phenolic OH excluding ortho intramolecular Hbond substituents is 1. The van der Waals surface area contributed by atoms with Crippen molar-refractivity contribution in [2.75, 3.05) is 0 Å². The average molecular weight is 394 g/mol. The van der Waals surface area contributed by atoms with Gasteiger partial charge < -0.3 is 5.11 Å². The predicted octanol–water partition coefficient (Wildman–Crippen LogP) is 6.14. The number of hydrogen-bond donors (Lipinski definition) is 1. The molecular weight excluding hydrogens is 370 g/mol. The number of aromatic hydroxyl groups is 1. The molecule has 4 heterocycles. The number of rotatable bonds is 4. The average Bonchev–Trinajstić information content (AvgIpc) is 3.40. The second-order valence-electron chi connectivity index (χ2n) is 7.59. The Balaban J connectivity index is 1.51. The number of piperidine rings is 1. The summed E-state index contributed by atoms with van der Waals surface area (Å²) in [5, 5.41) is 16.6. The van der Waals surface area contributed by atoms with Gasteiger partial charge in [0.2, 0.25) is 0 Å². The molecule has 1 N–H and O–H groups in total. The minimum Gasteiger partial charge on any atom is -0.508 e. The number of nitrogens with zero attached hydrogens (tertiary/aromatic N) is 1. The van der Waals surface area contributed by atoms with Gasteiger partial charge in [0.05, 0.1) is 0 Å². The fourth-order valence-electron chi connectivity index (χ4n) is 4.79. The van der Waals surface area contributed by atoms with E-state index >= 15 is 0 Å². The first kappa shape index (κ1) is 17.2. The topological polar surface area (TPSA) is 23.5 Å². The van der Waals surface area contributed by atoms with Crippen molar-refractivity contribution in [2.24, 2.45) is 0 Å². The lowest BCUT2D eigenvalue weighted by Crippen LogP contribution is -2.39. The largest absolute Gasteiger partial charge is 0.508 e. The van der Waals surface area contributed by atoms with E-state index in [0.29, 0.717) is 17.8 Å². The highest BCUT2D eigenvalue weighted by Crippen LogP contribution is 2.44. The zero-order valence-electron chi connectivity index (χ0n) is 15.2. The quantitative estimate of drug-likeness (QED) is 0.575. The maximum Gasteiger partial charge on any atom is 0.116 e. The molecule has 3 aromatic rings. The van der Waals surface area contributed by atoms with Crippen LogP contribution >= 0.6 is 22.7 Å². The monoisotopic (exact) mass is 393 g/mol. The van der Waals surface area contributed by atoms with E-state index in [1.54, 1.807) is 23.0 Å². The van der Waals surface area contributed by atoms with Crippen LogP contribution in [-0.4, -0.2) is 22.1 Å². The van der Waals surface area contributed by atoms with E-state index in [1.807, 2.05) is 23.5 Å². The highest BCUT2D eigenvalue weighted by Gasteiger charge is 2.39. The van der Waals surface area contributed by atoms with Crippen LogP contribution in [0.5, 0.6) is 5.75 Å². The van der Waals surface area contributed by atoms with Crippen molar-refractivity contribution in [3.63, 3.8) is 0 Å². The Labute approximate surface area is 168 Å². The van der Waals surface area contributed by atoms with Crippen molar-refractivity contribution in [3.05, 3.63) is 80.2 Å². The molecule has 1 aromatic carbocycles. The predicted molar refractivity (Wildman–Crippen MR) is 114 cm³/mol. The maximum atomic E-state index is 10.0. The molecule has 2 aromatic heterocycles. The van der Waals surface area contributed by atoms with E-state index in [-0.39, 0.29) is 0 Å². The molecule has 138 valence electrons. The Morgan fingerprint density at radius 2 is 1.85 bits per heavy atom. The molecule has 2 bridgehead atoms. The van der Waals surface area contributed by atoms with Gasteiger partial charge in [0, 0.05) is 23.5 Å². The molecule has 27 heavy (non-hydrogen) atoms. The van der Waals surface area contributed by atoms with Crippen LogP contribution in [0.15, 0.2) is 64.2 Å². The van der Waals surface area contributed by atoms with Gasteiger partial charge in [-0.3, -0.25) is 4.90 Å². The van der Waals surface area contributed by atoms with Crippen LogP contribution in [-0.2, 0) is 6.54 Å². The number of fused-ring (bicyclic) bond motifs is 2. The van der Waals surface area contributed by atoms with E-state index in [9.17, 15) is 5.11 Å². The molecular formula is C23H23NOS2. The normalized spacial score (nSPS) is 22.3. The molecule has 2 aliphatic heterocycles. The number of benzene rings is 1. The summed E-state index contributed by atoms with van der Waals surface area (Å²) in [6.07, 6.45) is 4.89. The Morgan fingerprint density at radius 3 is 2.52 bits per heavy atom. The number of phenols is 1. The number of hydrogen-bond acceptors (Lipinski definition) is 4. The lowest BCUT2D eigenvalue weighted by molar-refractivity contribution is 0.159. The molecule has 0 spiro atoms. The smallest absolute Gasteiger partial charge is 0.116 e. The number of thiophene rings is 2. The van der Waals surface area contributed by atoms with Crippen molar-refractivity contribution < 1.29 is 5.11 Å². The summed E-state index contributed by atoms with van der Waals surface area (Å²) < 4.78 is 0. The van der Waals surface area contributed by atoms with Crippen molar-refractivity contribution >= 4 is 28.2 Å². The Morgan fingerprint density at radius 1 is 1.00 bits per heavy atom. The van der Waals surface area contributed by atoms with Gasteiger partial charge in [-0.05, 0) is 82.8 Å². The third-order valence-corrected chi connectivity index (χ3v) is 7.50. The van der Waals surface area contributed by atoms with E-state index in [4.69, 9.17) is 0 Å². The van der Waals surface area contributed by atoms with Gasteiger partial charge in [-0.25, -0.2) is 0 Å². The first-order valence-electron chi connectivity index (χ1n) is 9.60. The van der Waals surface area contributed by atoms with Gasteiger partial charge in [0.1, 0.15) is 5.75 Å². The molecule has 2 nitrogen and oxygen atoms in total. The summed E-state index contributed by atoms with van der Waals surface area (Å²) in [6.45, 7) is 1.10. The van der Waals surface area contributed by atoms with Crippen molar-refractivity contribution in [2.45, 2.75) is 44.3 Å². The fraction of sp³-hybridized carbons (Fsp3) is 0.304. The second kappa shape index (κ2) is 7.27. The van der Waals surface area contributed by atoms with Crippen LogP contribution in [0.3, 0.4) is 0 Å². The van der Waals surface area contributed by atoms with Crippen LogP contribution < -0.4 is 0 Å². The van der Waals surface area contributed by atoms with Crippen LogP contribution in [0, 0.1) is 0 Å². The highest BCUT2D eigenvalue weighted by molar-refractivity contribution is 7.09. The minimum atomic E-state index is 0.346. The van der Waals surface area contributed by atoms with Gasteiger partial charge in [-0.15, -0.1) is 11.3 Å². The summed E-state index contributed by atoms with van der Waals surface area (Å²) in [4.78, 5) is 4.22. The summed E-state index contributed by atoms with van der Waals surface area (Å²) in [5.41, 5.74) is 5.36. The SMILES string of the molecule is Oc1cccc(C(=C2CC3CCC(C2)N3Cc2cccs2)c2ccsc2)c1. The first-order valence-corrected chi connectivity index (χ1v) is 11.4. The van der Waals surface area contributed by atoms with Gasteiger partial charge in [0.15, 0.2) is 0 Å². The highest BCUT2D eigenvalue weighted by atomic mass is 32.1. The fourth-order valence-corrected chi connectivity index (χ4v) is 6.15. The lowest BCUT2D eigenvalue weighted by atomic mass is 9.86. The molecule has 2 fully saturated rings. The van der Waals surface area contributed by atoms with E-state index in [0.717, 1.165) is 24.9 Å². The molecule has 2 atom stereocenters. The molecule has 0 aliphatic carbocycles. The third-order valence-electron chi connectivity index (χ3n) is 5.95. The zero-order chi connectivity index (χ0) is 18.2. The molecule has 0 amide bonds. The summed E-state index contributed by atoms with van der Waals surface area (Å²) in [6, 6.07) is 15.7. The molecule has 4 heteroatoms. The summed E-state index contributed by atoms with van der Waals surface area (Å²) in [7, 11) is 0. The van der Waals surface area contributed by atoms with E-state index < -0.39 is 0 Å². The van der Waals surface area contributed by atoms with Gasteiger partial charge in [0.25, 0.3) is 0 Å². The van der Waals surface area contributed by atoms with E-state index in [2.05, 4.69) is 45.3 Å². The lowest BCUT2D eigenvalue weighted by Gasteiger charge is -2.37. The van der Waals surface area contributed by atoms with Crippen molar-refractivity contribution in [1.82, 2.24) is 4.90 Å². The Bertz CT molecular complexity index is 927. The van der Waals surface area contributed by atoms with Crippen LogP contribution in [0.25, 0.3) is 5.57 Å². The van der Waals surface area contributed by atoms with Gasteiger partial charge in [-0.1, -0.05) is 23.8 Å². The zero-order valence-corrected chi connectivity index (χ0v) is 16.8. The van der Waals surface area contributed by atoms with E-state index in [1.165, 1.54) is 28.9 Å². The summed E-state index contributed by atoms with van der Waals surface area (Å²) in [5.74, 6) is 0.346. The standard InChI is InChI=1S/C23H23NOS2/c25-21-4-1-3-16(13-21)23(17-8-10-26-15-17)18-11-19-6-7-20(12-18)24(19)14-22-5-2-9-27-22/h1-5,8-10,13,15,19-20,25H,6-7,11-12,14H2. The van der Waals surface area contributed by atoms with Crippen molar-refractivity contribution in [3.8, 4) is 5.75 Å². The molecule has 2 aliphatic rings. The third kappa shape index (κ3) is 3.38. The van der Waals surface area contributed by atoms with Crippen LogP contribution in [0.4, 0.5) is 0 Å². The Kier molecular flexibility index (Phi) is 4.64. The molecule has 2 saturated heterocycles. The Hall–Kier alpha value is -1.88. The van der Waals surface area contributed by atoms with Gasteiger partial charge >= 0.3 is 0 Å². The van der Waals surface area contributed by atoms with Crippen molar-refractivity contribution in [1.29, 1.82) is 0 Å². The maximum absolute atomic E-state index is 10.0. The van der Waals surface area contributed by atoms with Gasteiger partial charge in [-0.2, -0.15) is 11.3 Å².